The van der Waals surface area contributed by atoms with E-state index in [1.54, 1.807) is 0 Å². The number of benzene rings is 7. The van der Waals surface area contributed by atoms with Gasteiger partial charge in [0.05, 0.1) is 6.04 Å². The van der Waals surface area contributed by atoms with Gasteiger partial charge in [0.25, 0.3) is 0 Å². The average Bonchev–Trinajstić information content (AvgIpc) is 3.09. The van der Waals surface area contributed by atoms with Crippen molar-refractivity contribution >= 4 is 62.1 Å². The Hall–Kier alpha value is -5.60. The van der Waals surface area contributed by atoms with E-state index in [1.807, 2.05) is 0 Å². The molecule has 44 heavy (non-hydrogen) atoms. The molecule has 0 bridgehead atoms. The molecule has 1 aliphatic rings. The highest BCUT2D eigenvalue weighted by Gasteiger charge is 2.21. The van der Waals surface area contributed by atoms with Gasteiger partial charge in [-0.1, -0.05) is 115 Å². The van der Waals surface area contributed by atoms with Gasteiger partial charge in [0, 0.05) is 28.4 Å². The minimum atomic E-state index is 0.197. The molecule has 1 aliphatic carbocycles. The summed E-state index contributed by atoms with van der Waals surface area (Å²) in [4.78, 5) is 4.84. The van der Waals surface area contributed by atoms with E-state index in [0.717, 1.165) is 23.5 Å². The Morgan fingerprint density at radius 1 is 0.386 bits per heavy atom. The van der Waals surface area contributed by atoms with Crippen LogP contribution in [-0.2, 0) is 0 Å². The quantitative estimate of drug-likeness (QED) is 0.198. The van der Waals surface area contributed by atoms with Crippen molar-refractivity contribution in [2.45, 2.75) is 12.5 Å². The first-order chi connectivity index (χ1) is 21.8. The smallest absolute Gasteiger partial charge is 0.0566 e. The van der Waals surface area contributed by atoms with Crippen molar-refractivity contribution in [3.8, 4) is 0 Å². The molecule has 2 nitrogen and oxygen atoms in total. The Bertz CT molecular complexity index is 2220. The Balaban J connectivity index is 1.21. The number of para-hydroxylation sites is 2. The minimum absolute atomic E-state index is 0.197. The summed E-state index contributed by atoms with van der Waals surface area (Å²) >= 11 is 0. The topological polar surface area (TPSA) is 6.48 Å². The molecular formula is C42H32N2. The van der Waals surface area contributed by atoms with Crippen LogP contribution in [0.1, 0.15) is 6.42 Å². The highest BCUT2D eigenvalue weighted by atomic mass is 15.2. The second-order valence-electron chi connectivity index (χ2n) is 11.4. The second-order valence-corrected chi connectivity index (χ2v) is 11.4. The van der Waals surface area contributed by atoms with Crippen LogP contribution in [0.25, 0.3) is 33.7 Å². The SMILES string of the molecule is C1=c2ccc(N(c3ccccc3)c3ccc4ccccc4c3)cc2=CCC1N(c1ccccc1)c1ccc2ccccc2c1. The molecule has 0 aliphatic heterocycles. The van der Waals surface area contributed by atoms with E-state index in [2.05, 4.69) is 186 Å². The Kier molecular flexibility index (Phi) is 6.66. The summed E-state index contributed by atoms with van der Waals surface area (Å²) in [7, 11) is 0. The third-order valence-corrected chi connectivity index (χ3v) is 8.66. The number of hydrogen-bond acceptors (Lipinski definition) is 2. The number of rotatable bonds is 6. The van der Waals surface area contributed by atoms with E-state index >= 15 is 0 Å². The van der Waals surface area contributed by atoms with Gasteiger partial charge in [-0.3, -0.25) is 0 Å². The maximum atomic E-state index is 2.48. The molecule has 0 amide bonds. The summed E-state index contributed by atoms with van der Waals surface area (Å²) in [6.45, 7) is 0. The Morgan fingerprint density at radius 3 is 1.59 bits per heavy atom. The van der Waals surface area contributed by atoms with Crippen molar-refractivity contribution in [2.75, 3.05) is 9.80 Å². The first-order valence-corrected chi connectivity index (χ1v) is 15.3. The monoisotopic (exact) mass is 564 g/mol. The summed E-state index contributed by atoms with van der Waals surface area (Å²) in [5.41, 5.74) is 5.86. The largest absolute Gasteiger partial charge is 0.334 e. The van der Waals surface area contributed by atoms with Crippen LogP contribution in [0.15, 0.2) is 164 Å². The predicted molar refractivity (Wildman–Crippen MR) is 188 cm³/mol. The number of hydrogen-bond donors (Lipinski definition) is 0. The summed E-state index contributed by atoms with van der Waals surface area (Å²) in [5, 5.41) is 7.53. The molecule has 7 aromatic carbocycles. The predicted octanol–water partition coefficient (Wildman–Crippen LogP) is 9.63. The zero-order valence-corrected chi connectivity index (χ0v) is 24.4. The Labute approximate surface area is 258 Å². The first kappa shape index (κ1) is 26.1. The van der Waals surface area contributed by atoms with E-state index in [9.17, 15) is 0 Å². The zero-order valence-electron chi connectivity index (χ0n) is 24.4. The van der Waals surface area contributed by atoms with Gasteiger partial charge in [0.1, 0.15) is 0 Å². The fraction of sp³-hybridized carbons (Fsp3) is 0.0476. The molecule has 0 saturated heterocycles. The molecule has 8 rings (SSSR count). The van der Waals surface area contributed by atoms with Crippen molar-refractivity contribution in [2.24, 2.45) is 0 Å². The van der Waals surface area contributed by atoms with Crippen molar-refractivity contribution < 1.29 is 0 Å². The van der Waals surface area contributed by atoms with E-state index in [-0.39, 0.29) is 6.04 Å². The van der Waals surface area contributed by atoms with Crippen LogP contribution in [0.2, 0.25) is 0 Å². The van der Waals surface area contributed by atoms with E-state index in [1.165, 1.54) is 43.4 Å². The highest BCUT2D eigenvalue weighted by molar-refractivity contribution is 5.90. The first-order valence-electron chi connectivity index (χ1n) is 15.3. The van der Waals surface area contributed by atoms with Gasteiger partial charge in [0.15, 0.2) is 0 Å². The lowest BCUT2D eigenvalue weighted by Gasteiger charge is -2.33. The van der Waals surface area contributed by atoms with Crippen molar-refractivity contribution in [1.29, 1.82) is 0 Å². The summed E-state index contributed by atoms with van der Waals surface area (Å²) in [6, 6.07) is 59.2. The minimum Gasteiger partial charge on any atom is -0.334 e. The van der Waals surface area contributed by atoms with Gasteiger partial charge in [-0.2, -0.15) is 0 Å². The maximum absolute atomic E-state index is 2.48. The number of nitrogens with zero attached hydrogens (tertiary/aromatic N) is 2. The molecule has 0 spiro atoms. The third kappa shape index (κ3) is 4.91. The zero-order chi connectivity index (χ0) is 29.3. The molecule has 0 aromatic heterocycles. The summed E-state index contributed by atoms with van der Waals surface area (Å²) in [5.74, 6) is 0. The normalized spacial score (nSPS) is 14.0. The Morgan fingerprint density at radius 2 is 0.909 bits per heavy atom. The van der Waals surface area contributed by atoms with E-state index in [4.69, 9.17) is 0 Å². The molecule has 1 atom stereocenters. The van der Waals surface area contributed by atoms with Gasteiger partial charge in [-0.15, -0.1) is 0 Å². The molecule has 0 saturated carbocycles. The van der Waals surface area contributed by atoms with Crippen LogP contribution in [0, 0.1) is 0 Å². The van der Waals surface area contributed by atoms with Crippen molar-refractivity contribution in [3.63, 3.8) is 0 Å². The van der Waals surface area contributed by atoms with Gasteiger partial charge < -0.3 is 9.80 Å². The van der Waals surface area contributed by atoms with Crippen LogP contribution in [0.5, 0.6) is 0 Å². The van der Waals surface area contributed by atoms with Gasteiger partial charge >= 0.3 is 0 Å². The third-order valence-electron chi connectivity index (χ3n) is 8.66. The van der Waals surface area contributed by atoms with Crippen LogP contribution in [-0.4, -0.2) is 6.04 Å². The van der Waals surface area contributed by atoms with E-state index in [0.29, 0.717) is 0 Å². The second kappa shape index (κ2) is 11.2. The fourth-order valence-electron chi connectivity index (χ4n) is 6.52. The fourth-order valence-corrected chi connectivity index (χ4v) is 6.52. The van der Waals surface area contributed by atoms with Crippen molar-refractivity contribution in [1.82, 2.24) is 0 Å². The summed E-state index contributed by atoms with van der Waals surface area (Å²) < 4.78 is 0. The lowest BCUT2D eigenvalue weighted by Crippen LogP contribution is -2.38. The van der Waals surface area contributed by atoms with Crippen LogP contribution in [0.3, 0.4) is 0 Å². The lowest BCUT2D eigenvalue weighted by atomic mass is 9.99. The molecule has 0 radical (unpaired) electrons. The van der Waals surface area contributed by atoms with Crippen LogP contribution < -0.4 is 20.2 Å². The standard InChI is InChI=1S/C42H32N2/c1-3-15-37(16-4-1)43(39-23-19-31-11-7-9-13-33(31)27-39)41-25-21-36-30-42(26-22-35(36)29-41)44(38-17-5-2-6-18-38)40-24-20-32-12-8-10-14-34(32)28-40/h1-25,27-30,42H,26H2. The lowest BCUT2D eigenvalue weighted by molar-refractivity contribution is 0.838. The average molecular weight is 565 g/mol. The van der Waals surface area contributed by atoms with Crippen LogP contribution in [0.4, 0.5) is 28.4 Å². The molecule has 0 fully saturated rings. The molecule has 7 aromatic rings. The van der Waals surface area contributed by atoms with Gasteiger partial charge in [-0.05, 0) is 99.1 Å². The van der Waals surface area contributed by atoms with E-state index < -0.39 is 0 Å². The molecule has 0 N–H and O–H groups in total. The molecule has 0 heterocycles. The molecular weight excluding hydrogens is 532 g/mol. The van der Waals surface area contributed by atoms with Gasteiger partial charge in [-0.25, -0.2) is 0 Å². The number of fused-ring (bicyclic) bond motifs is 3. The maximum Gasteiger partial charge on any atom is 0.0566 e. The van der Waals surface area contributed by atoms with Crippen LogP contribution >= 0.6 is 0 Å². The van der Waals surface area contributed by atoms with Gasteiger partial charge in [0.2, 0.25) is 0 Å². The highest BCUT2D eigenvalue weighted by Crippen LogP contribution is 2.36. The number of anilines is 5. The van der Waals surface area contributed by atoms with Crippen molar-refractivity contribution in [3.05, 3.63) is 174 Å². The molecule has 2 heteroatoms. The molecule has 210 valence electrons. The summed E-state index contributed by atoms with van der Waals surface area (Å²) in [6.07, 6.45) is 5.76. The molecule has 1 unspecified atom stereocenters.